The third-order valence-corrected chi connectivity index (χ3v) is 4.98. The van der Waals surface area contributed by atoms with Crippen LogP contribution in [0.25, 0.3) is 0 Å². The molecule has 0 aromatic heterocycles. The molecule has 23 heavy (non-hydrogen) atoms. The van der Waals surface area contributed by atoms with E-state index < -0.39 is 5.41 Å². The Labute approximate surface area is 149 Å². The Morgan fingerprint density at radius 3 is 2.30 bits per heavy atom. The molecule has 1 aliphatic rings. The van der Waals surface area contributed by atoms with Crippen LogP contribution in [0.4, 0.5) is 5.69 Å². The van der Waals surface area contributed by atoms with Gasteiger partial charge in [-0.25, -0.2) is 0 Å². The van der Waals surface area contributed by atoms with Gasteiger partial charge in [0.2, 0.25) is 5.91 Å². The van der Waals surface area contributed by atoms with Crippen LogP contribution in [0.3, 0.4) is 0 Å². The zero-order valence-corrected chi connectivity index (χ0v) is 15.7. The number of hydrogen-bond acceptors (Lipinski definition) is 4. The number of hydrogen-bond donors (Lipinski definition) is 2. The summed E-state index contributed by atoms with van der Waals surface area (Å²) in [6.07, 6.45) is 1.38. The lowest BCUT2D eigenvalue weighted by molar-refractivity contribution is -0.130. The molecule has 1 aromatic carbocycles. The number of anilines is 1. The molecule has 0 bridgehead atoms. The minimum absolute atomic E-state index is 0. The summed E-state index contributed by atoms with van der Waals surface area (Å²) < 4.78 is 5.53. The Hall–Kier alpha value is -0.750. The first-order valence-electron chi connectivity index (χ1n) is 7.73. The first-order chi connectivity index (χ1) is 10.3. The standard InChI is InChI=1S/C17H26N2O2S.ClH/c1-16(2,3)22-14-6-4-13(5-7-14)19-15(20)17(12-18)8-10-21-11-9-17;/h4-7H,8-12,18H2,1-3H3,(H,19,20);1H. The molecule has 0 atom stereocenters. The number of carbonyl (C=O) groups excluding carboxylic acids is 1. The fourth-order valence-corrected chi connectivity index (χ4v) is 3.49. The highest BCUT2D eigenvalue weighted by atomic mass is 35.5. The Morgan fingerprint density at radius 2 is 1.83 bits per heavy atom. The van der Waals surface area contributed by atoms with E-state index in [0.29, 0.717) is 32.6 Å². The lowest BCUT2D eigenvalue weighted by Gasteiger charge is -2.34. The second-order valence-corrected chi connectivity index (χ2v) is 8.69. The largest absolute Gasteiger partial charge is 0.381 e. The molecular formula is C17H27ClN2O2S. The van der Waals surface area contributed by atoms with Crippen molar-refractivity contribution in [1.29, 1.82) is 0 Å². The number of benzene rings is 1. The van der Waals surface area contributed by atoms with Crippen molar-refractivity contribution in [3.05, 3.63) is 24.3 Å². The number of thioether (sulfide) groups is 1. The van der Waals surface area contributed by atoms with Gasteiger partial charge in [0.1, 0.15) is 0 Å². The number of nitrogens with one attached hydrogen (secondary N) is 1. The SMILES string of the molecule is CC(C)(C)Sc1ccc(NC(=O)C2(CN)CCOCC2)cc1.Cl. The average molecular weight is 359 g/mol. The van der Waals surface area contributed by atoms with Crippen LogP contribution < -0.4 is 11.1 Å². The van der Waals surface area contributed by atoms with E-state index in [4.69, 9.17) is 10.5 Å². The monoisotopic (exact) mass is 358 g/mol. The highest BCUT2D eigenvalue weighted by Crippen LogP contribution is 2.33. The summed E-state index contributed by atoms with van der Waals surface area (Å²) in [5.41, 5.74) is 6.20. The van der Waals surface area contributed by atoms with E-state index in [9.17, 15) is 4.79 Å². The van der Waals surface area contributed by atoms with Gasteiger partial charge in [0.15, 0.2) is 0 Å². The van der Waals surface area contributed by atoms with Crippen LogP contribution in [-0.4, -0.2) is 30.4 Å². The van der Waals surface area contributed by atoms with Crippen molar-refractivity contribution in [3.63, 3.8) is 0 Å². The van der Waals surface area contributed by atoms with E-state index in [0.717, 1.165) is 5.69 Å². The lowest BCUT2D eigenvalue weighted by atomic mass is 9.79. The van der Waals surface area contributed by atoms with Crippen molar-refractivity contribution in [2.24, 2.45) is 11.1 Å². The van der Waals surface area contributed by atoms with Crippen LogP contribution in [0.2, 0.25) is 0 Å². The number of halogens is 1. The highest BCUT2D eigenvalue weighted by Gasteiger charge is 2.38. The van der Waals surface area contributed by atoms with Crippen molar-refractivity contribution in [2.75, 3.05) is 25.1 Å². The van der Waals surface area contributed by atoms with E-state index in [1.165, 1.54) is 4.90 Å². The molecule has 1 aliphatic heterocycles. The second-order valence-electron chi connectivity index (χ2n) is 6.79. The molecule has 1 fully saturated rings. The minimum atomic E-state index is -0.489. The fraction of sp³-hybridized carbons (Fsp3) is 0.588. The number of carbonyl (C=O) groups is 1. The van der Waals surface area contributed by atoms with Crippen LogP contribution >= 0.6 is 24.2 Å². The Kier molecular flexibility index (Phi) is 7.39. The summed E-state index contributed by atoms with van der Waals surface area (Å²) in [6.45, 7) is 8.12. The zero-order valence-electron chi connectivity index (χ0n) is 14.1. The van der Waals surface area contributed by atoms with Gasteiger partial charge in [0.05, 0.1) is 5.41 Å². The first kappa shape index (κ1) is 20.3. The van der Waals surface area contributed by atoms with Gasteiger partial charge in [-0.3, -0.25) is 4.79 Å². The molecule has 1 heterocycles. The molecule has 1 amide bonds. The number of nitrogens with two attached hydrogens (primary N) is 1. The van der Waals surface area contributed by atoms with E-state index in [2.05, 4.69) is 26.1 Å². The second kappa shape index (κ2) is 8.38. The van der Waals surface area contributed by atoms with Crippen LogP contribution in [0.5, 0.6) is 0 Å². The summed E-state index contributed by atoms with van der Waals surface area (Å²) in [5, 5.41) is 3.01. The molecule has 0 radical (unpaired) electrons. The van der Waals surface area contributed by atoms with Gasteiger partial charge in [0.25, 0.3) is 0 Å². The van der Waals surface area contributed by atoms with Crippen molar-refractivity contribution >= 4 is 35.8 Å². The van der Waals surface area contributed by atoms with Gasteiger partial charge >= 0.3 is 0 Å². The predicted molar refractivity (Wildman–Crippen MR) is 99.5 cm³/mol. The molecule has 4 nitrogen and oxygen atoms in total. The highest BCUT2D eigenvalue weighted by molar-refractivity contribution is 8.00. The molecular weight excluding hydrogens is 332 g/mol. The smallest absolute Gasteiger partial charge is 0.232 e. The third-order valence-electron chi connectivity index (χ3n) is 3.86. The molecule has 1 saturated heterocycles. The lowest BCUT2D eigenvalue weighted by Crippen LogP contribution is -2.46. The molecule has 1 aromatic rings. The minimum Gasteiger partial charge on any atom is -0.381 e. The summed E-state index contributed by atoms with van der Waals surface area (Å²) in [4.78, 5) is 13.8. The van der Waals surface area contributed by atoms with E-state index in [1.807, 2.05) is 36.0 Å². The van der Waals surface area contributed by atoms with Gasteiger partial charge in [-0.05, 0) is 37.1 Å². The summed E-state index contributed by atoms with van der Waals surface area (Å²) in [5.74, 6) is 0.00882. The Bertz CT molecular complexity index is 508. The van der Waals surface area contributed by atoms with Gasteiger partial charge < -0.3 is 15.8 Å². The quantitative estimate of drug-likeness (QED) is 0.805. The van der Waals surface area contributed by atoms with Gasteiger partial charge in [0, 0.05) is 35.1 Å². The van der Waals surface area contributed by atoms with Gasteiger partial charge in [-0.2, -0.15) is 0 Å². The summed E-state index contributed by atoms with van der Waals surface area (Å²) >= 11 is 1.81. The molecule has 6 heteroatoms. The van der Waals surface area contributed by atoms with Gasteiger partial charge in [-0.15, -0.1) is 24.2 Å². The van der Waals surface area contributed by atoms with Crippen LogP contribution in [-0.2, 0) is 9.53 Å². The van der Waals surface area contributed by atoms with E-state index >= 15 is 0 Å². The Balaban J connectivity index is 0.00000264. The fourth-order valence-electron chi connectivity index (χ4n) is 2.51. The maximum Gasteiger partial charge on any atom is 0.232 e. The average Bonchev–Trinajstić information content (AvgIpc) is 2.48. The molecule has 0 saturated carbocycles. The molecule has 3 N–H and O–H groups in total. The number of amides is 1. The Morgan fingerprint density at radius 1 is 1.26 bits per heavy atom. The summed E-state index contributed by atoms with van der Waals surface area (Å²) in [7, 11) is 0. The maximum absolute atomic E-state index is 12.6. The molecule has 0 unspecified atom stereocenters. The predicted octanol–water partition coefficient (Wildman–Crippen LogP) is 3.69. The van der Waals surface area contributed by atoms with Crippen molar-refractivity contribution in [3.8, 4) is 0 Å². The third kappa shape index (κ3) is 5.68. The number of ether oxygens (including phenoxy) is 1. The zero-order chi connectivity index (χ0) is 16.2. The maximum atomic E-state index is 12.6. The molecule has 130 valence electrons. The van der Waals surface area contributed by atoms with Crippen LogP contribution in [0.1, 0.15) is 33.6 Å². The van der Waals surface area contributed by atoms with E-state index in [-0.39, 0.29) is 23.1 Å². The van der Waals surface area contributed by atoms with E-state index in [1.54, 1.807) is 0 Å². The van der Waals surface area contributed by atoms with Crippen molar-refractivity contribution in [2.45, 2.75) is 43.3 Å². The number of rotatable bonds is 4. The molecule has 2 rings (SSSR count). The van der Waals surface area contributed by atoms with Gasteiger partial charge in [-0.1, -0.05) is 20.8 Å². The van der Waals surface area contributed by atoms with Crippen LogP contribution in [0, 0.1) is 5.41 Å². The molecule has 0 spiro atoms. The van der Waals surface area contributed by atoms with Crippen molar-refractivity contribution in [1.82, 2.24) is 0 Å². The normalized spacial score (nSPS) is 17.2. The first-order valence-corrected chi connectivity index (χ1v) is 8.55. The summed E-state index contributed by atoms with van der Waals surface area (Å²) in [6, 6.07) is 8.00. The topological polar surface area (TPSA) is 64.4 Å². The molecule has 0 aliphatic carbocycles. The van der Waals surface area contributed by atoms with Crippen LogP contribution in [0.15, 0.2) is 29.2 Å². The van der Waals surface area contributed by atoms with Crippen molar-refractivity contribution < 1.29 is 9.53 Å².